The zero-order chi connectivity index (χ0) is 9.84. The van der Waals surface area contributed by atoms with E-state index in [9.17, 15) is 4.79 Å². The van der Waals surface area contributed by atoms with Gasteiger partial charge in [0.2, 0.25) is 0 Å². The average molecular weight is 196 g/mol. The number of nitrogens with two attached hydrogens (primary N) is 1. The van der Waals surface area contributed by atoms with Crippen molar-refractivity contribution in [1.29, 1.82) is 5.26 Å². The van der Waals surface area contributed by atoms with Crippen molar-refractivity contribution in [2.45, 2.75) is 17.3 Å². The van der Waals surface area contributed by atoms with E-state index in [1.54, 1.807) is 6.92 Å². The number of aromatic nitrogens is 2. The van der Waals surface area contributed by atoms with E-state index in [0.29, 0.717) is 5.16 Å². The fraction of sp³-hybridized carbons (Fsp3) is 0.286. The lowest BCUT2D eigenvalue weighted by atomic mass is 10.5. The van der Waals surface area contributed by atoms with Crippen molar-refractivity contribution in [3.05, 3.63) is 16.4 Å². The first-order chi connectivity index (χ1) is 6.11. The zero-order valence-electron chi connectivity index (χ0n) is 6.94. The smallest absolute Gasteiger partial charge is 0.253 e. The molecule has 0 aliphatic rings. The molecule has 0 aliphatic heterocycles. The predicted octanol–water partition coefficient (Wildman–Crippen LogP) is 0.356. The molecule has 1 aromatic heterocycles. The van der Waals surface area contributed by atoms with Crippen LogP contribution in [0.15, 0.2) is 16.0 Å². The second-order valence-corrected chi connectivity index (χ2v) is 3.69. The van der Waals surface area contributed by atoms with E-state index < -0.39 is 0 Å². The Bertz CT molecular complexity index is 394. The Balaban J connectivity index is 2.91. The van der Waals surface area contributed by atoms with Crippen LogP contribution in [-0.4, -0.2) is 15.2 Å². The first kappa shape index (κ1) is 9.61. The predicted molar refractivity (Wildman–Crippen MR) is 50.2 cm³/mol. The highest BCUT2D eigenvalue weighted by Gasteiger charge is 2.05. The summed E-state index contributed by atoms with van der Waals surface area (Å²) in [5.41, 5.74) is 5.04. The van der Waals surface area contributed by atoms with Gasteiger partial charge in [0.15, 0.2) is 5.16 Å². The van der Waals surface area contributed by atoms with Crippen molar-refractivity contribution in [3.63, 3.8) is 0 Å². The highest BCUT2D eigenvalue weighted by molar-refractivity contribution is 7.99. The average Bonchev–Trinajstić information content (AvgIpc) is 2.02. The van der Waals surface area contributed by atoms with Gasteiger partial charge in [0.1, 0.15) is 5.82 Å². The Morgan fingerprint density at radius 3 is 3.08 bits per heavy atom. The number of aromatic amines is 1. The van der Waals surface area contributed by atoms with Crippen molar-refractivity contribution < 1.29 is 0 Å². The molecule has 0 fully saturated rings. The van der Waals surface area contributed by atoms with Crippen molar-refractivity contribution in [2.75, 3.05) is 5.73 Å². The molecule has 0 spiro atoms. The number of nitrogens with one attached hydrogen (secondary N) is 1. The highest BCUT2D eigenvalue weighted by atomic mass is 32.2. The Morgan fingerprint density at radius 1 is 1.85 bits per heavy atom. The van der Waals surface area contributed by atoms with Gasteiger partial charge in [-0.25, -0.2) is 4.98 Å². The second-order valence-electron chi connectivity index (χ2n) is 2.36. The highest BCUT2D eigenvalue weighted by Crippen LogP contribution is 2.17. The van der Waals surface area contributed by atoms with Gasteiger partial charge in [0.25, 0.3) is 5.56 Å². The van der Waals surface area contributed by atoms with Crippen molar-refractivity contribution >= 4 is 17.6 Å². The molecule has 0 aliphatic carbocycles. The number of nitriles is 1. The Morgan fingerprint density at radius 2 is 2.54 bits per heavy atom. The molecule has 1 heterocycles. The molecule has 0 aromatic carbocycles. The van der Waals surface area contributed by atoms with Gasteiger partial charge >= 0.3 is 0 Å². The monoisotopic (exact) mass is 196 g/mol. The van der Waals surface area contributed by atoms with E-state index in [4.69, 9.17) is 11.0 Å². The minimum absolute atomic E-state index is 0.163. The number of nitrogens with zero attached hydrogens (tertiary/aromatic N) is 2. The summed E-state index contributed by atoms with van der Waals surface area (Å²) in [4.78, 5) is 17.2. The molecule has 1 aromatic rings. The first-order valence-electron chi connectivity index (χ1n) is 3.55. The van der Waals surface area contributed by atoms with E-state index in [-0.39, 0.29) is 16.6 Å². The Kier molecular flexibility index (Phi) is 2.93. The van der Waals surface area contributed by atoms with Crippen LogP contribution >= 0.6 is 11.8 Å². The van der Waals surface area contributed by atoms with Crippen LogP contribution in [0.1, 0.15) is 6.92 Å². The number of nitrogen functional groups attached to an aromatic ring is 1. The van der Waals surface area contributed by atoms with E-state index >= 15 is 0 Å². The van der Waals surface area contributed by atoms with E-state index in [1.165, 1.54) is 6.07 Å². The number of H-pyrrole nitrogens is 1. The molecular formula is C7H8N4OS. The lowest BCUT2D eigenvalue weighted by Gasteiger charge is -2.01. The van der Waals surface area contributed by atoms with Crippen LogP contribution in [0.4, 0.5) is 5.82 Å². The molecule has 3 N–H and O–H groups in total. The molecule has 68 valence electrons. The molecule has 1 atom stereocenters. The Hall–Kier alpha value is -1.48. The summed E-state index contributed by atoms with van der Waals surface area (Å²) >= 11 is 1.16. The first-order valence-corrected chi connectivity index (χ1v) is 4.43. The van der Waals surface area contributed by atoms with Gasteiger partial charge in [-0.3, -0.25) is 4.79 Å². The lowest BCUT2D eigenvalue weighted by molar-refractivity contribution is 0.941. The third-order valence-electron chi connectivity index (χ3n) is 1.21. The zero-order valence-corrected chi connectivity index (χ0v) is 7.76. The fourth-order valence-electron chi connectivity index (χ4n) is 0.703. The summed E-state index contributed by atoms with van der Waals surface area (Å²) in [6, 6.07) is 3.21. The lowest BCUT2D eigenvalue weighted by Crippen LogP contribution is -2.10. The third kappa shape index (κ3) is 2.80. The molecule has 0 saturated carbocycles. The molecule has 13 heavy (non-hydrogen) atoms. The maximum absolute atomic E-state index is 10.9. The third-order valence-corrected chi connectivity index (χ3v) is 2.09. The van der Waals surface area contributed by atoms with Gasteiger partial charge in [-0.15, -0.1) is 0 Å². The van der Waals surface area contributed by atoms with Crippen LogP contribution < -0.4 is 11.3 Å². The largest absolute Gasteiger partial charge is 0.383 e. The number of hydrogen-bond donors (Lipinski definition) is 2. The summed E-state index contributed by atoms with van der Waals surface area (Å²) in [6.07, 6.45) is 0. The topological polar surface area (TPSA) is 95.6 Å². The fourth-order valence-corrected chi connectivity index (χ4v) is 1.41. The summed E-state index contributed by atoms with van der Waals surface area (Å²) < 4.78 is 0. The quantitative estimate of drug-likeness (QED) is 0.525. The van der Waals surface area contributed by atoms with E-state index in [2.05, 4.69) is 9.97 Å². The van der Waals surface area contributed by atoms with Crippen LogP contribution in [0.2, 0.25) is 0 Å². The summed E-state index contributed by atoms with van der Waals surface area (Å²) in [6.45, 7) is 1.72. The van der Waals surface area contributed by atoms with E-state index in [1.807, 2.05) is 6.07 Å². The van der Waals surface area contributed by atoms with Crippen LogP contribution in [0.25, 0.3) is 0 Å². The summed E-state index contributed by atoms with van der Waals surface area (Å²) in [5.74, 6) is 0.163. The van der Waals surface area contributed by atoms with Crippen LogP contribution in [0, 0.1) is 11.3 Å². The van der Waals surface area contributed by atoms with Gasteiger partial charge in [-0.05, 0) is 6.92 Å². The number of thioether (sulfide) groups is 1. The maximum Gasteiger partial charge on any atom is 0.253 e. The second kappa shape index (κ2) is 3.96. The molecule has 1 rings (SSSR count). The molecule has 6 heteroatoms. The van der Waals surface area contributed by atoms with Crippen LogP contribution in [-0.2, 0) is 0 Å². The molecule has 0 amide bonds. The molecule has 1 unspecified atom stereocenters. The van der Waals surface area contributed by atoms with Gasteiger partial charge in [-0.2, -0.15) is 5.26 Å². The maximum atomic E-state index is 10.9. The van der Waals surface area contributed by atoms with Crippen LogP contribution in [0.3, 0.4) is 0 Å². The normalized spacial score (nSPS) is 12.0. The van der Waals surface area contributed by atoms with Crippen molar-refractivity contribution in [1.82, 2.24) is 9.97 Å². The molecule has 0 bridgehead atoms. The van der Waals surface area contributed by atoms with Gasteiger partial charge in [-0.1, -0.05) is 11.8 Å². The Labute approximate surface area is 79.0 Å². The minimum Gasteiger partial charge on any atom is -0.383 e. The van der Waals surface area contributed by atoms with Gasteiger partial charge in [0, 0.05) is 6.07 Å². The van der Waals surface area contributed by atoms with Crippen LogP contribution in [0.5, 0.6) is 0 Å². The number of hydrogen-bond acceptors (Lipinski definition) is 5. The van der Waals surface area contributed by atoms with E-state index in [0.717, 1.165) is 11.8 Å². The SMILES string of the molecule is CC(C#N)Sc1nc(N)cc(=O)[nH]1. The van der Waals surface area contributed by atoms with Gasteiger partial charge in [0.05, 0.1) is 11.3 Å². The minimum atomic E-state index is -0.305. The summed E-state index contributed by atoms with van der Waals surface area (Å²) in [7, 11) is 0. The van der Waals surface area contributed by atoms with Crippen molar-refractivity contribution in [2.24, 2.45) is 0 Å². The van der Waals surface area contributed by atoms with Gasteiger partial charge < -0.3 is 10.7 Å². The number of rotatable bonds is 2. The number of anilines is 1. The molecular weight excluding hydrogens is 188 g/mol. The molecule has 5 nitrogen and oxygen atoms in total. The summed E-state index contributed by atoms with van der Waals surface area (Å²) in [5, 5.41) is 8.63. The standard InChI is InChI=1S/C7H8N4OS/c1-4(3-8)13-7-10-5(9)2-6(12)11-7/h2,4H,1H3,(H3,9,10,11,12). The van der Waals surface area contributed by atoms with Crippen molar-refractivity contribution in [3.8, 4) is 6.07 Å². The molecule has 0 saturated heterocycles. The molecule has 0 radical (unpaired) electrons.